The number of ether oxygens (including phenoxy) is 3. The molecule has 0 unspecified atom stereocenters. The maximum absolute atomic E-state index is 12.1. The van der Waals surface area contributed by atoms with Gasteiger partial charge in [0.1, 0.15) is 5.00 Å². The van der Waals surface area contributed by atoms with Crippen molar-refractivity contribution < 1.29 is 28.6 Å². The van der Waals surface area contributed by atoms with E-state index in [1.54, 1.807) is 0 Å². The number of amides is 1. The van der Waals surface area contributed by atoms with Gasteiger partial charge in [-0.15, -0.1) is 11.3 Å². The number of anilines is 1. The highest BCUT2D eigenvalue weighted by molar-refractivity contribution is 7.17. The van der Waals surface area contributed by atoms with Gasteiger partial charge in [-0.1, -0.05) is 0 Å². The van der Waals surface area contributed by atoms with Gasteiger partial charge in [0.25, 0.3) is 5.91 Å². The number of thiophene rings is 1. The van der Waals surface area contributed by atoms with Crippen molar-refractivity contribution in [2.45, 2.75) is 44.6 Å². The number of nitrogens with one attached hydrogen (secondary N) is 1. The molecule has 1 fully saturated rings. The van der Waals surface area contributed by atoms with E-state index >= 15 is 0 Å². The van der Waals surface area contributed by atoms with Crippen molar-refractivity contribution in [3.8, 4) is 0 Å². The molecule has 1 amide bonds. The standard InChI is InChI=1S/C17H21NO6S/c1-22-17(21)15-11-5-2-6-12(11)25-16(15)18-13(19)9-24-14(20)8-10-4-3-7-23-10/h10H,2-9H2,1H3,(H,18,19)/t10-/m1/s1. The van der Waals surface area contributed by atoms with Crippen LogP contribution in [0.2, 0.25) is 0 Å². The van der Waals surface area contributed by atoms with Gasteiger partial charge in [-0.05, 0) is 37.7 Å². The Balaban J connectivity index is 1.56. The molecular formula is C17H21NO6S. The van der Waals surface area contributed by atoms with Crippen LogP contribution in [0.25, 0.3) is 0 Å². The minimum Gasteiger partial charge on any atom is -0.465 e. The first-order valence-electron chi connectivity index (χ1n) is 8.38. The second-order valence-electron chi connectivity index (χ2n) is 6.10. The molecule has 1 aromatic heterocycles. The van der Waals surface area contributed by atoms with E-state index in [9.17, 15) is 14.4 Å². The summed E-state index contributed by atoms with van der Waals surface area (Å²) in [5.74, 6) is -1.38. The van der Waals surface area contributed by atoms with Gasteiger partial charge in [-0.2, -0.15) is 0 Å². The van der Waals surface area contributed by atoms with E-state index in [-0.39, 0.29) is 19.1 Å². The average Bonchev–Trinajstić information content (AvgIpc) is 3.30. The minimum absolute atomic E-state index is 0.109. The molecule has 1 aromatic rings. The molecule has 0 aromatic carbocycles. The van der Waals surface area contributed by atoms with Crippen molar-refractivity contribution >= 4 is 34.2 Å². The quantitative estimate of drug-likeness (QED) is 0.774. The Morgan fingerprint density at radius 2 is 2.12 bits per heavy atom. The number of esters is 2. The summed E-state index contributed by atoms with van der Waals surface area (Å²) < 4.78 is 15.2. The predicted octanol–water partition coefficient (Wildman–Crippen LogP) is 2.07. The Morgan fingerprint density at radius 1 is 1.28 bits per heavy atom. The third kappa shape index (κ3) is 4.19. The number of methoxy groups -OCH3 is 1. The number of hydrogen-bond donors (Lipinski definition) is 1. The first kappa shape index (κ1) is 17.9. The van der Waals surface area contributed by atoms with Crippen molar-refractivity contribution in [1.29, 1.82) is 0 Å². The SMILES string of the molecule is COC(=O)c1c(NC(=O)COC(=O)C[C@H]2CCCO2)sc2c1CCC2. The van der Waals surface area contributed by atoms with Gasteiger partial charge >= 0.3 is 11.9 Å². The summed E-state index contributed by atoms with van der Waals surface area (Å²) in [5, 5.41) is 3.14. The second kappa shape index (κ2) is 7.97. The van der Waals surface area contributed by atoms with Crippen LogP contribution in [0, 0.1) is 0 Å². The smallest absolute Gasteiger partial charge is 0.341 e. The highest BCUT2D eigenvalue weighted by Gasteiger charge is 2.28. The van der Waals surface area contributed by atoms with E-state index in [0.717, 1.165) is 42.5 Å². The predicted molar refractivity (Wildman–Crippen MR) is 90.9 cm³/mol. The molecule has 1 aliphatic carbocycles. The van der Waals surface area contributed by atoms with Crippen molar-refractivity contribution in [2.24, 2.45) is 0 Å². The van der Waals surface area contributed by atoms with Crippen molar-refractivity contribution in [3.05, 3.63) is 16.0 Å². The molecule has 0 spiro atoms. The second-order valence-corrected chi connectivity index (χ2v) is 7.21. The molecule has 2 heterocycles. The van der Waals surface area contributed by atoms with Crippen LogP contribution in [-0.4, -0.2) is 44.3 Å². The van der Waals surface area contributed by atoms with Crippen LogP contribution < -0.4 is 5.32 Å². The van der Waals surface area contributed by atoms with Crippen LogP contribution in [0.5, 0.6) is 0 Å². The van der Waals surface area contributed by atoms with Crippen LogP contribution in [0.3, 0.4) is 0 Å². The zero-order valence-corrected chi connectivity index (χ0v) is 14.9. The van der Waals surface area contributed by atoms with E-state index in [1.807, 2.05) is 0 Å². The molecule has 0 bridgehead atoms. The van der Waals surface area contributed by atoms with Gasteiger partial charge in [0, 0.05) is 11.5 Å². The molecule has 1 aliphatic heterocycles. The molecule has 1 saturated heterocycles. The lowest BCUT2D eigenvalue weighted by Gasteiger charge is -2.10. The van der Waals surface area contributed by atoms with Gasteiger partial charge in [-0.3, -0.25) is 9.59 Å². The van der Waals surface area contributed by atoms with Crippen molar-refractivity contribution in [3.63, 3.8) is 0 Å². The molecule has 3 rings (SSSR count). The molecule has 136 valence electrons. The number of fused-ring (bicyclic) bond motifs is 1. The molecule has 7 nitrogen and oxygen atoms in total. The Morgan fingerprint density at radius 3 is 2.84 bits per heavy atom. The van der Waals surface area contributed by atoms with E-state index < -0.39 is 17.8 Å². The maximum Gasteiger partial charge on any atom is 0.341 e. The molecule has 1 N–H and O–H groups in total. The third-order valence-electron chi connectivity index (χ3n) is 4.35. The van der Waals surface area contributed by atoms with Gasteiger partial charge < -0.3 is 19.5 Å². The minimum atomic E-state index is -0.467. The van der Waals surface area contributed by atoms with E-state index in [2.05, 4.69) is 5.32 Å². The van der Waals surface area contributed by atoms with E-state index in [0.29, 0.717) is 17.2 Å². The zero-order chi connectivity index (χ0) is 17.8. The average molecular weight is 367 g/mol. The lowest BCUT2D eigenvalue weighted by molar-refractivity contribution is -0.149. The Kier molecular flexibility index (Phi) is 5.70. The fraction of sp³-hybridized carbons (Fsp3) is 0.588. The Hall–Kier alpha value is -1.93. The summed E-state index contributed by atoms with van der Waals surface area (Å²) >= 11 is 1.39. The molecular weight excluding hydrogens is 346 g/mol. The molecule has 1 atom stereocenters. The summed E-state index contributed by atoms with van der Waals surface area (Å²) in [5.41, 5.74) is 1.39. The molecule has 2 aliphatic rings. The van der Waals surface area contributed by atoms with Crippen LogP contribution in [0.4, 0.5) is 5.00 Å². The van der Waals surface area contributed by atoms with Crippen molar-refractivity contribution in [2.75, 3.05) is 25.6 Å². The van der Waals surface area contributed by atoms with Crippen LogP contribution in [0.1, 0.15) is 46.5 Å². The molecule has 0 radical (unpaired) electrons. The lowest BCUT2D eigenvalue weighted by Crippen LogP contribution is -2.23. The zero-order valence-electron chi connectivity index (χ0n) is 14.1. The lowest BCUT2D eigenvalue weighted by atomic mass is 10.1. The number of rotatable bonds is 6. The fourth-order valence-corrected chi connectivity index (χ4v) is 4.46. The Labute approximate surface area is 149 Å². The first-order valence-corrected chi connectivity index (χ1v) is 9.20. The monoisotopic (exact) mass is 367 g/mol. The summed E-state index contributed by atoms with van der Waals surface area (Å²) in [6, 6.07) is 0. The van der Waals surface area contributed by atoms with Gasteiger partial charge in [-0.25, -0.2) is 4.79 Å². The summed E-state index contributed by atoms with van der Waals surface area (Å²) in [4.78, 5) is 36.9. The number of hydrogen-bond acceptors (Lipinski definition) is 7. The van der Waals surface area contributed by atoms with Crippen molar-refractivity contribution in [1.82, 2.24) is 0 Å². The highest BCUT2D eigenvalue weighted by Crippen LogP contribution is 2.39. The van der Waals surface area contributed by atoms with Crippen LogP contribution in [-0.2, 0) is 36.6 Å². The number of aryl methyl sites for hydroxylation is 1. The molecule has 25 heavy (non-hydrogen) atoms. The van der Waals surface area contributed by atoms with Gasteiger partial charge in [0.2, 0.25) is 0 Å². The number of carbonyl (C=O) groups is 3. The largest absolute Gasteiger partial charge is 0.465 e. The highest BCUT2D eigenvalue weighted by atomic mass is 32.1. The van der Waals surface area contributed by atoms with Crippen LogP contribution >= 0.6 is 11.3 Å². The van der Waals surface area contributed by atoms with Gasteiger partial charge in [0.15, 0.2) is 6.61 Å². The Bertz CT molecular complexity index is 677. The third-order valence-corrected chi connectivity index (χ3v) is 5.55. The van der Waals surface area contributed by atoms with E-state index in [1.165, 1.54) is 18.4 Å². The summed E-state index contributed by atoms with van der Waals surface area (Å²) in [7, 11) is 1.32. The maximum atomic E-state index is 12.1. The topological polar surface area (TPSA) is 90.9 Å². The summed E-state index contributed by atoms with van der Waals surface area (Å²) in [6.07, 6.45) is 4.54. The number of carbonyl (C=O) groups excluding carboxylic acids is 3. The fourth-order valence-electron chi connectivity index (χ4n) is 3.17. The molecule has 0 saturated carbocycles. The summed E-state index contributed by atoms with van der Waals surface area (Å²) in [6.45, 7) is 0.284. The molecule has 8 heteroatoms. The van der Waals surface area contributed by atoms with E-state index in [4.69, 9.17) is 14.2 Å². The van der Waals surface area contributed by atoms with Gasteiger partial charge in [0.05, 0.1) is 25.2 Å². The first-order chi connectivity index (χ1) is 12.1. The van der Waals surface area contributed by atoms with Crippen LogP contribution in [0.15, 0.2) is 0 Å². The normalized spacial score (nSPS) is 18.7.